The Kier molecular flexibility index (Phi) is 9.33. The molecular weight excluding hydrogens is 348 g/mol. The minimum Gasteiger partial charge on any atom is -0.480 e. The number of aliphatic carboxylic acids is 1. The van der Waals surface area contributed by atoms with Crippen LogP contribution in [0.15, 0.2) is 30.3 Å². The fourth-order valence-corrected chi connectivity index (χ4v) is 2.42. The minimum absolute atomic E-state index is 0.197. The highest BCUT2D eigenvalue weighted by Gasteiger charge is 2.22. The molecule has 0 radical (unpaired) electrons. The van der Waals surface area contributed by atoms with Crippen molar-refractivity contribution in [1.82, 2.24) is 10.6 Å². The Hall–Kier alpha value is -2.57. The second kappa shape index (κ2) is 11.2. The van der Waals surface area contributed by atoms with Gasteiger partial charge in [0.25, 0.3) is 0 Å². The molecule has 7 heteroatoms. The van der Waals surface area contributed by atoms with Crippen LogP contribution in [0.25, 0.3) is 0 Å². The van der Waals surface area contributed by atoms with Gasteiger partial charge in [0.05, 0.1) is 0 Å². The van der Waals surface area contributed by atoms with Crippen molar-refractivity contribution in [3.8, 4) is 0 Å². The quantitative estimate of drug-likeness (QED) is 0.543. The Bertz CT molecular complexity index is 611. The molecule has 0 heterocycles. The number of ether oxygens (including phenoxy) is 1. The minimum atomic E-state index is -1.05. The summed E-state index contributed by atoms with van der Waals surface area (Å²) in [6, 6.07) is 8.45. The summed E-state index contributed by atoms with van der Waals surface area (Å²) in [5.41, 5.74) is 0.708. The van der Waals surface area contributed by atoms with Crippen LogP contribution in [0.3, 0.4) is 0 Å². The van der Waals surface area contributed by atoms with Crippen LogP contribution in [0.1, 0.15) is 52.0 Å². The standard InChI is InChI=1S/C20H30N2O5/c1-20(2,3)13-17(23)22-16(18(24)25)11-7-8-12-21-19(26)27-14-15-9-5-4-6-10-15/h4-6,9-10,16H,7-8,11-14H2,1-3H3,(H,21,26)(H,22,23)(H,24,25). The van der Waals surface area contributed by atoms with Gasteiger partial charge in [-0.3, -0.25) is 4.79 Å². The van der Waals surface area contributed by atoms with Crippen molar-refractivity contribution < 1.29 is 24.2 Å². The fraction of sp³-hybridized carbons (Fsp3) is 0.550. The van der Waals surface area contributed by atoms with Crippen LogP contribution in [0.5, 0.6) is 0 Å². The molecule has 1 unspecified atom stereocenters. The van der Waals surface area contributed by atoms with Gasteiger partial charge in [0, 0.05) is 13.0 Å². The monoisotopic (exact) mass is 378 g/mol. The highest BCUT2D eigenvalue weighted by Crippen LogP contribution is 2.18. The van der Waals surface area contributed by atoms with E-state index in [1.165, 1.54) is 0 Å². The molecule has 0 aliphatic heterocycles. The first-order chi connectivity index (χ1) is 12.7. The van der Waals surface area contributed by atoms with Gasteiger partial charge in [-0.1, -0.05) is 51.1 Å². The number of alkyl carbamates (subject to hydrolysis) is 1. The van der Waals surface area contributed by atoms with Crippen LogP contribution in [-0.4, -0.2) is 35.7 Å². The van der Waals surface area contributed by atoms with Crippen LogP contribution in [-0.2, 0) is 20.9 Å². The van der Waals surface area contributed by atoms with E-state index in [0.29, 0.717) is 25.8 Å². The summed E-state index contributed by atoms with van der Waals surface area (Å²) in [5, 5.41) is 14.4. The average Bonchev–Trinajstić information content (AvgIpc) is 2.57. The van der Waals surface area contributed by atoms with Crippen molar-refractivity contribution >= 4 is 18.0 Å². The van der Waals surface area contributed by atoms with Crippen molar-refractivity contribution in [3.63, 3.8) is 0 Å². The van der Waals surface area contributed by atoms with Gasteiger partial charge in [0.1, 0.15) is 12.6 Å². The van der Waals surface area contributed by atoms with Crippen LogP contribution >= 0.6 is 0 Å². The normalized spacial score (nSPS) is 12.1. The lowest BCUT2D eigenvalue weighted by Gasteiger charge is -2.20. The van der Waals surface area contributed by atoms with Crippen molar-refractivity contribution in [2.45, 2.75) is 59.1 Å². The lowest BCUT2D eigenvalue weighted by Crippen LogP contribution is -2.42. The molecule has 1 aromatic carbocycles. The summed E-state index contributed by atoms with van der Waals surface area (Å²) >= 11 is 0. The number of carboxylic acid groups (broad SMARTS) is 1. The van der Waals surface area contributed by atoms with Gasteiger partial charge >= 0.3 is 12.1 Å². The number of carbonyl (C=O) groups is 3. The van der Waals surface area contributed by atoms with E-state index in [-0.39, 0.29) is 24.3 Å². The van der Waals surface area contributed by atoms with Gasteiger partial charge in [0.2, 0.25) is 5.91 Å². The Morgan fingerprint density at radius 3 is 2.37 bits per heavy atom. The highest BCUT2D eigenvalue weighted by molar-refractivity contribution is 5.83. The SMILES string of the molecule is CC(C)(C)CC(=O)NC(CCCCNC(=O)OCc1ccccc1)C(=O)O. The maximum Gasteiger partial charge on any atom is 0.407 e. The smallest absolute Gasteiger partial charge is 0.407 e. The first-order valence-electron chi connectivity index (χ1n) is 9.14. The van der Waals surface area contributed by atoms with Crippen molar-refractivity contribution in [2.75, 3.05) is 6.54 Å². The lowest BCUT2D eigenvalue weighted by molar-refractivity contribution is -0.142. The summed E-state index contributed by atoms with van der Waals surface area (Å²) in [4.78, 5) is 34.8. The predicted molar refractivity (Wildman–Crippen MR) is 102 cm³/mol. The maximum atomic E-state index is 11.9. The van der Waals surface area contributed by atoms with E-state index in [1.807, 2.05) is 51.1 Å². The molecule has 0 aliphatic rings. The molecule has 27 heavy (non-hydrogen) atoms. The molecule has 0 aromatic heterocycles. The van der Waals surface area contributed by atoms with Crippen LogP contribution in [0.4, 0.5) is 4.79 Å². The third kappa shape index (κ3) is 10.9. The molecular formula is C20H30N2O5. The first kappa shape index (κ1) is 22.5. The number of rotatable bonds is 10. The van der Waals surface area contributed by atoms with E-state index in [4.69, 9.17) is 4.74 Å². The molecule has 2 amide bonds. The largest absolute Gasteiger partial charge is 0.480 e. The predicted octanol–water partition coefficient (Wildman–Crippen LogP) is 3.09. The van der Waals surface area contributed by atoms with Gasteiger partial charge < -0.3 is 20.5 Å². The molecule has 0 bridgehead atoms. The van der Waals surface area contributed by atoms with Crippen molar-refractivity contribution in [3.05, 3.63) is 35.9 Å². The van der Waals surface area contributed by atoms with E-state index in [1.54, 1.807) is 0 Å². The molecule has 0 aliphatic carbocycles. The average molecular weight is 378 g/mol. The molecule has 0 saturated heterocycles. The number of nitrogens with one attached hydrogen (secondary N) is 2. The van der Waals surface area contributed by atoms with E-state index in [2.05, 4.69) is 10.6 Å². The Labute approximate surface area is 160 Å². The summed E-state index contributed by atoms with van der Waals surface area (Å²) in [5.74, 6) is -1.31. The highest BCUT2D eigenvalue weighted by atomic mass is 16.5. The number of amides is 2. The van der Waals surface area contributed by atoms with Crippen molar-refractivity contribution in [2.24, 2.45) is 5.41 Å². The number of carbonyl (C=O) groups excluding carboxylic acids is 2. The van der Waals surface area contributed by atoms with Crippen LogP contribution in [0.2, 0.25) is 0 Å². The number of hydrogen-bond donors (Lipinski definition) is 3. The molecule has 0 spiro atoms. The zero-order valence-corrected chi connectivity index (χ0v) is 16.3. The van der Waals surface area contributed by atoms with Gasteiger partial charge in [-0.15, -0.1) is 0 Å². The second-order valence-electron chi connectivity index (χ2n) is 7.68. The van der Waals surface area contributed by atoms with Crippen LogP contribution in [0, 0.1) is 5.41 Å². The van der Waals surface area contributed by atoms with Gasteiger partial charge in [0.15, 0.2) is 0 Å². The van der Waals surface area contributed by atoms with Crippen LogP contribution < -0.4 is 10.6 Å². The molecule has 1 atom stereocenters. The molecule has 3 N–H and O–H groups in total. The topological polar surface area (TPSA) is 105 Å². The number of carboxylic acids is 1. The third-order valence-corrected chi connectivity index (χ3v) is 3.73. The summed E-state index contributed by atoms with van der Waals surface area (Å²) in [7, 11) is 0. The Balaban J connectivity index is 2.21. The van der Waals surface area contributed by atoms with E-state index >= 15 is 0 Å². The Morgan fingerprint density at radius 1 is 1.11 bits per heavy atom. The summed E-state index contributed by atoms with van der Waals surface area (Å²) in [6.45, 7) is 6.35. The van der Waals surface area contributed by atoms with E-state index in [9.17, 15) is 19.5 Å². The number of unbranched alkanes of at least 4 members (excludes halogenated alkanes) is 1. The molecule has 1 rings (SSSR count). The fourth-order valence-electron chi connectivity index (χ4n) is 2.42. The first-order valence-corrected chi connectivity index (χ1v) is 9.14. The second-order valence-corrected chi connectivity index (χ2v) is 7.68. The summed E-state index contributed by atoms with van der Waals surface area (Å²) in [6.07, 6.45) is 1.23. The number of benzene rings is 1. The third-order valence-electron chi connectivity index (χ3n) is 3.73. The summed E-state index contributed by atoms with van der Waals surface area (Å²) < 4.78 is 5.09. The van der Waals surface area contributed by atoms with E-state index in [0.717, 1.165) is 5.56 Å². The Morgan fingerprint density at radius 2 is 1.78 bits per heavy atom. The van der Waals surface area contributed by atoms with Gasteiger partial charge in [-0.2, -0.15) is 0 Å². The van der Waals surface area contributed by atoms with Crippen molar-refractivity contribution in [1.29, 1.82) is 0 Å². The molecule has 0 fully saturated rings. The zero-order valence-electron chi connectivity index (χ0n) is 16.3. The molecule has 1 aromatic rings. The number of hydrogen-bond acceptors (Lipinski definition) is 4. The van der Waals surface area contributed by atoms with Gasteiger partial charge in [-0.25, -0.2) is 9.59 Å². The van der Waals surface area contributed by atoms with Gasteiger partial charge in [-0.05, 0) is 30.2 Å². The molecule has 0 saturated carbocycles. The zero-order chi connectivity index (χ0) is 20.3. The molecule has 150 valence electrons. The maximum absolute atomic E-state index is 11.9. The van der Waals surface area contributed by atoms with E-state index < -0.39 is 18.1 Å². The lowest BCUT2D eigenvalue weighted by atomic mass is 9.92. The molecule has 7 nitrogen and oxygen atoms in total.